The molecule has 0 bridgehead atoms. The summed E-state index contributed by atoms with van der Waals surface area (Å²) in [6.07, 6.45) is 2.23. The van der Waals surface area contributed by atoms with Crippen LogP contribution in [0.2, 0.25) is 0 Å². The molecule has 0 radical (unpaired) electrons. The van der Waals surface area contributed by atoms with Gasteiger partial charge in [0.05, 0.1) is 6.61 Å². The van der Waals surface area contributed by atoms with Gasteiger partial charge in [-0.2, -0.15) is 0 Å². The minimum absolute atomic E-state index is 0.184. The minimum atomic E-state index is -0.784. The first-order chi connectivity index (χ1) is 12.1. The van der Waals surface area contributed by atoms with Crippen molar-refractivity contribution in [2.45, 2.75) is 19.3 Å². The van der Waals surface area contributed by atoms with Crippen molar-refractivity contribution in [3.63, 3.8) is 0 Å². The highest BCUT2D eigenvalue weighted by Crippen LogP contribution is 2.40. The van der Waals surface area contributed by atoms with Gasteiger partial charge in [0, 0.05) is 10.4 Å². The molecule has 2 aromatic rings. The summed E-state index contributed by atoms with van der Waals surface area (Å²) < 4.78 is 6.13. The molecular formula is C21H19BrO3. The van der Waals surface area contributed by atoms with Crippen LogP contribution in [-0.2, 0) is 14.3 Å². The topological polar surface area (TPSA) is 43.4 Å². The van der Waals surface area contributed by atoms with Crippen LogP contribution in [0.3, 0.4) is 0 Å². The average molecular weight is 399 g/mol. The monoisotopic (exact) mass is 398 g/mol. The Labute approximate surface area is 155 Å². The molecule has 3 rings (SSSR count). The van der Waals surface area contributed by atoms with Crippen LogP contribution >= 0.6 is 15.9 Å². The van der Waals surface area contributed by atoms with Crippen LogP contribution in [0.25, 0.3) is 5.57 Å². The molecule has 0 aromatic heterocycles. The SMILES string of the molecule is CCOC(=O)[C@@H]1C(=O)C=C(c2ccccc2)C[C@H]1c1ccc(Br)cc1. The summed E-state index contributed by atoms with van der Waals surface area (Å²) in [5.41, 5.74) is 2.94. The van der Waals surface area contributed by atoms with Gasteiger partial charge in [-0.05, 0) is 48.3 Å². The van der Waals surface area contributed by atoms with Gasteiger partial charge in [0.25, 0.3) is 0 Å². The van der Waals surface area contributed by atoms with E-state index in [0.29, 0.717) is 6.42 Å². The molecule has 1 aliphatic rings. The molecular weight excluding hydrogens is 380 g/mol. The van der Waals surface area contributed by atoms with Gasteiger partial charge in [0.15, 0.2) is 5.78 Å². The third-order valence-electron chi connectivity index (χ3n) is 4.45. The Kier molecular flexibility index (Phi) is 5.49. The zero-order valence-corrected chi connectivity index (χ0v) is 15.5. The minimum Gasteiger partial charge on any atom is -0.465 e. The van der Waals surface area contributed by atoms with E-state index in [9.17, 15) is 9.59 Å². The summed E-state index contributed by atoms with van der Waals surface area (Å²) in [6.45, 7) is 2.02. The number of allylic oxidation sites excluding steroid dienone is 2. The standard InChI is InChI=1S/C21H19BrO3/c1-2-25-21(24)20-18(15-8-10-17(22)11-9-15)12-16(13-19(20)23)14-6-4-3-5-7-14/h3-11,13,18,20H,2,12H2,1H3/t18-,20-/m0/s1. The summed E-state index contributed by atoms with van der Waals surface area (Å²) >= 11 is 3.43. The zero-order chi connectivity index (χ0) is 17.8. The lowest BCUT2D eigenvalue weighted by Crippen LogP contribution is -2.34. The van der Waals surface area contributed by atoms with Gasteiger partial charge in [-0.15, -0.1) is 0 Å². The normalized spacial score (nSPS) is 20.1. The van der Waals surface area contributed by atoms with E-state index in [4.69, 9.17) is 4.74 Å². The predicted molar refractivity (Wildman–Crippen MR) is 101 cm³/mol. The molecule has 0 heterocycles. The van der Waals surface area contributed by atoms with Crippen molar-refractivity contribution >= 4 is 33.3 Å². The number of esters is 1. The van der Waals surface area contributed by atoms with Crippen LogP contribution in [-0.4, -0.2) is 18.4 Å². The van der Waals surface area contributed by atoms with Gasteiger partial charge in [-0.3, -0.25) is 9.59 Å². The van der Waals surface area contributed by atoms with Gasteiger partial charge in [-0.1, -0.05) is 58.4 Å². The van der Waals surface area contributed by atoms with Crippen molar-refractivity contribution in [3.05, 3.63) is 76.3 Å². The molecule has 1 aliphatic carbocycles. The van der Waals surface area contributed by atoms with Gasteiger partial charge in [-0.25, -0.2) is 0 Å². The number of rotatable bonds is 4. The molecule has 0 N–H and O–H groups in total. The molecule has 0 spiro atoms. The quantitative estimate of drug-likeness (QED) is 0.550. The Morgan fingerprint density at radius 1 is 1.12 bits per heavy atom. The van der Waals surface area contributed by atoms with Crippen molar-refractivity contribution in [3.8, 4) is 0 Å². The smallest absolute Gasteiger partial charge is 0.317 e. The van der Waals surface area contributed by atoms with E-state index < -0.39 is 11.9 Å². The molecule has 25 heavy (non-hydrogen) atoms. The maximum absolute atomic E-state index is 12.8. The van der Waals surface area contributed by atoms with Crippen LogP contribution in [0.4, 0.5) is 0 Å². The lowest BCUT2D eigenvalue weighted by Gasteiger charge is -2.29. The lowest BCUT2D eigenvalue weighted by atomic mass is 9.73. The number of halogens is 1. The van der Waals surface area contributed by atoms with Crippen LogP contribution in [0.15, 0.2) is 65.1 Å². The molecule has 0 saturated heterocycles. The fourth-order valence-corrected chi connectivity index (χ4v) is 3.52. The molecule has 128 valence electrons. The summed E-state index contributed by atoms with van der Waals surface area (Å²) in [7, 11) is 0. The number of carbonyl (C=O) groups excluding carboxylic acids is 2. The van der Waals surface area contributed by atoms with Gasteiger partial charge >= 0.3 is 5.97 Å². The summed E-state index contributed by atoms with van der Waals surface area (Å²) in [4.78, 5) is 25.2. The molecule has 0 unspecified atom stereocenters. The Hall–Kier alpha value is -2.20. The zero-order valence-electron chi connectivity index (χ0n) is 13.9. The highest BCUT2D eigenvalue weighted by Gasteiger charge is 2.39. The first kappa shape index (κ1) is 17.6. The number of carbonyl (C=O) groups is 2. The number of benzene rings is 2. The van der Waals surface area contributed by atoms with Crippen LogP contribution < -0.4 is 0 Å². The highest BCUT2D eigenvalue weighted by molar-refractivity contribution is 9.10. The third kappa shape index (κ3) is 3.90. The molecule has 4 heteroatoms. The molecule has 0 aliphatic heterocycles. The van der Waals surface area contributed by atoms with Gasteiger partial charge in [0.1, 0.15) is 5.92 Å². The van der Waals surface area contributed by atoms with Gasteiger partial charge < -0.3 is 4.74 Å². The van der Waals surface area contributed by atoms with Crippen LogP contribution in [0.1, 0.15) is 30.4 Å². The Balaban J connectivity index is 2.01. The summed E-state index contributed by atoms with van der Waals surface area (Å²) in [5, 5.41) is 0. The van der Waals surface area contributed by atoms with Crippen LogP contribution in [0.5, 0.6) is 0 Å². The maximum Gasteiger partial charge on any atom is 0.317 e. The number of ketones is 1. The highest BCUT2D eigenvalue weighted by atomic mass is 79.9. The molecule has 2 aromatic carbocycles. The Morgan fingerprint density at radius 2 is 1.80 bits per heavy atom. The lowest BCUT2D eigenvalue weighted by molar-refractivity contribution is -0.151. The van der Waals surface area contributed by atoms with E-state index in [-0.39, 0.29) is 18.3 Å². The van der Waals surface area contributed by atoms with E-state index >= 15 is 0 Å². The molecule has 0 saturated carbocycles. The first-order valence-electron chi connectivity index (χ1n) is 8.32. The Morgan fingerprint density at radius 3 is 2.44 bits per heavy atom. The molecule has 2 atom stereocenters. The van der Waals surface area contributed by atoms with Crippen molar-refractivity contribution in [2.24, 2.45) is 5.92 Å². The van der Waals surface area contributed by atoms with Crippen molar-refractivity contribution in [1.29, 1.82) is 0 Å². The van der Waals surface area contributed by atoms with Crippen molar-refractivity contribution in [1.82, 2.24) is 0 Å². The van der Waals surface area contributed by atoms with Crippen LogP contribution in [0, 0.1) is 5.92 Å². The van der Waals surface area contributed by atoms with E-state index in [0.717, 1.165) is 21.2 Å². The average Bonchev–Trinajstić information content (AvgIpc) is 2.62. The van der Waals surface area contributed by atoms with Crippen molar-refractivity contribution in [2.75, 3.05) is 6.61 Å². The summed E-state index contributed by atoms with van der Waals surface area (Å²) in [5.74, 6) is -1.63. The second kappa shape index (κ2) is 7.79. The largest absolute Gasteiger partial charge is 0.465 e. The van der Waals surface area contributed by atoms with E-state index in [1.165, 1.54) is 0 Å². The van der Waals surface area contributed by atoms with E-state index in [2.05, 4.69) is 15.9 Å². The summed E-state index contributed by atoms with van der Waals surface area (Å²) in [6, 6.07) is 17.6. The fraction of sp³-hybridized carbons (Fsp3) is 0.238. The maximum atomic E-state index is 12.8. The number of hydrogen-bond acceptors (Lipinski definition) is 3. The van der Waals surface area contributed by atoms with Gasteiger partial charge in [0.2, 0.25) is 0 Å². The fourth-order valence-electron chi connectivity index (χ4n) is 3.26. The molecule has 0 amide bonds. The second-order valence-corrected chi connectivity index (χ2v) is 6.95. The molecule has 0 fully saturated rings. The van der Waals surface area contributed by atoms with Crippen molar-refractivity contribution < 1.29 is 14.3 Å². The van der Waals surface area contributed by atoms with E-state index in [1.54, 1.807) is 13.0 Å². The van der Waals surface area contributed by atoms with E-state index in [1.807, 2.05) is 54.6 Å². The second-order valence-electron chi connectivity index (χ2n) is 6.03. The first-order valence-corrected chi connectivity index (χ1v) is 9.11. The number of ether oxygens (including phenoxy) is 1. The Bertz CT molecular complexity index is 794. The number of hydrogen-bond donors (Lipinski definition) is 0. The molecule has 3 nitrogen and oxygen atoms in total. The predicted octanol–water partition coefficient (Wildman–Crippen LogP) is 4.77. The third-order valence-corrected chi connectivity index (χ3v) is 4.98.